The topological polar surface area (TPSA) is 88.1 Å². The van der Waals surface area contributed by atoms with Gasteiger partial charge in [0.15, 0.2) is 11.0 Å². The summed E-state index contributed by atoms with van der Waals surface area (Å²) in [6.45, 7) is 4.20. The quantitative estimate of drug-likeness (QED) is 0.244. The first-order valence-corrected chi connectivity index (χ1v) is 12.3. The van der Waals surface area contributed by atoms with E-state index in [4.69, 9.17) is 14.0 Å². The van der Waals surface area contributed by atoms with Crippen LogP contribution in [0.5, 0.6) is 11.5 Å². The van der Waals surface area contributed by atoms with Crippen LogP contribution in [-0.4, -0.2) is 39.1 Å². The number of thioether (sulfide) groups is 1. The maximum absolute atomic E-state index is 5.55. The van der Waals surface area contributed by atoms with E-state index in [0.29, 0.717) is 34.5 Å². The molecule has 0 N–H and O–H groups in total. The highest BCUT2D eigenvalue weighted by molar-refractivity contribution is 7.98. The predicted molar refractivity (Wildman–Crippen MR) is 139 cm³/mol. The van der Waals surface area contributed by atoms with E-state index in [0.717, 1.165) is 22.2 Å². The molecule has 2 heterocycles. The van der Waals surface area contributed by atoms with Crippen molar-refractivity contribution in [1.29, 1.82) is 0 Å². The van der Waals surface area contributed by atoms with Crippen LogP contribution in [0.1, 0.15) is 17.0 Å². The summed E-state index contributed by atoms with van der Waals surface area (Å²) in [7, 11) is 3.21. The molecule has 3 aromatic carbocycles. The molecule has 0 fully saturated rings. The fourth-order valence-electron chi connectivity index (χ4n) is 3.77. The first kappa shape index (κ1) is 23.6. The number of aromatic nitrogens is 5. The Labute approximate surface area is 213 Å². The van der Waals surface area contributed by atoms with E-state index in [9.17, 15) is 0 Å². The normalized spacial score (nSPS) is 11.0. The molecule has 36 heavy (non-hydrogen) atoms. The predicted octanol–water partition coefficient (Wildman–Crippen LogP) is 5.91. The van der Waals surface area contributed by atoms with Gasteiger partial charge < -0.3 is 14.0 Å². The third-order valence-electron chi connectivity index (χ3n) is 5.85. The van der Waals surface area contributed by atoms with Crippen molar-refractivity contribution in [2.45, 2.75) is 24.8 Å². The van der Waals surface area contributed by atoms with Crippen LogP contribution >= 0.6 is 11.8 Å². The summed E-state index contributed by atoms with van der Waals surface area (Å²) in [4.78, 5) is 4.58. The monoisotopic (exact) mass is 499 g/mol. The standard InChI is InChI=1S/C27H25N5O3S/c1-17-10-11-20(14-18(17)2)32-26(19-8-6-5-7-9-19)29-30-27(32)36-16-24-28-25(31-35-24)22-15-21(33-3)12-13-23(22)34-4/h5-15H,16H2,1-4H3. The highest BCUT2D eigenvalue weighted by Gasteiger charge is 2.19. The van der Waals surface area contributed by atoms with E-state index in [1.807, 2.05) is 48.5 Å². The molecule has 0 aliphatic carbocycles. The summed E-state index contributed by atoms with van der Waals surface area (Å²) in [6, 6.07) is 21.8. The van der Waals surface area contributed by atoms with Gasteiger partial charge in [-0.3, -0.25) is 4.57 Å². The zero-order valence-corrected chi connectivity index (χ0v) is 21.2. The average molecular weight is 500 g/mol. The molecule has 0 aliphatic heterocycles. The highest BCUT2D eigenvalue weighted by Crippen LogP contribution is 2.33. The number of methoxy groups -OCH3 is 2. The molecule has 0 bridgehead atoms. The van der Waals surface area contributed by atoms with Crippen LogP contribution in [0.2, 0.25) is 0 Å². The summed E-state index contributed by atoms with van der Waals surface area (Å²) >= 11 is 1.48. The smallest absolute Gasteiger partial charge is 0.237 e. The third kappa shape index (κ3) is 4.70. The average Bonchev–Trinajstić information content (AvgIpc) is 3.56. The fourth-order valence-corrected chi connectivity index (χ4v) is 4.56. The Morgan fingerprint density at radius 2 is 1.72 bits per heavy atom. The van der Waals surface area contributed by atoms with Gasteiger partial charge in [0.1, 0.15) is 11.5 Å². The van der Waals surface area contributed by atoms with Crippen molar-refractivity contribution in [3.05, 3.63) is 83.7 Å². The van der Waals surface area contributed by atoms with Crippen molar-refractivity contribution in [3.63, 3.8) is 0 Å². The van der Waals surface area contributed by atoms with Crippen molar-refractivity contribution in [2.75, 3.05) is 14.2 Å². The van der Waals surface area contributed by atoms with Crippen LogP contribution in [0.4, 0.5) is 0 Å². The number of rotatable bonds is 8. The number of nitrogens with zero attached hydrogens (tertiary/aromatic N) is 5. The van der Waals surface area contributed by atoms with Crippen molar-refractivity contribution in [1.82, 2.24) is 24.9 Å². The summed E-state index contributed by atoms with van der Waals surface area (Å²) in [5, 5.41) is 13.9. The Balaban J connectivity index is 1.46. The van der Waals surface area contributed by atoms with Gasteiger partial charge in [0.05, 0.1) is 31.2 Å². The SMILES string of the molecule is COc1ccc(OC)c(-c2noc(CSc3nnc(-c4ccccc4)n3-c3ccc(C)c(C)c3)n2)c1. The molecule has 2 aromatic heterocycles. The lowest BCUT2D eigenvalue weighted by atomic mass is 10.1. The summed E-state index contributed by atoms with van der Waals surface area (Å²) in [6.07, 6.45) is 0. The van der Waals surface area contributed by atoms with Gasteiger partial charge in [-0.25, -0.2) is 0 Å². The molecule has 0 atom stereocenters. The Hall–Kier alpha value is -4.11. The molecule has 5 aromatic rings. The third-order valence-corrected chi connectivity index (χ3v) is 6.77. The highest BCUT2D eigenvalue weighted by atomic mass is 32.2. The molecule has 0 saturated heterocycles. The van der Waals surface area contributed by atoms with Crippen LogP contribution < -0.4 is 9.47 Å². The van der Waals surface area contributed by atoms with Gasteiger partial charge in [-0.1, -0.05) is 53.3 Å². The number of aryl methyl sites for hydroxylation is 2. The molecular formula is C27H25N5O3S. The Kier molecular flexibility index (Phi) is 6.73. The lowest BCUT2D eigenvalue weighted by Crippen LogP contribution is -2.01. The van der Waals surface area contributed by atoms with Gasteiger partial charge in [-0.2, -0.15) is 4.98 Å². The van der Waals surface area contributed by atoms with Crippen molar-refractivity contribution < 1.29 is 14.0 Å². The molecule has 9 heteroatoms. The second-order valence-electron chi connectivity index (χ2n) is 8.14. The number of benzene rings is 3. The number of ether oxygens (including phenoxy) is 2. The summed E-state index contributed by atoms with van der Waals surface area (Å²) in [5.41, 5.74) is 5.11. The zero-order valence-electron chi connectivity index (χ0n) is 20.4. The Morgan fingerprint density at radius 3 is 2.47 bits per heavy atom. The van der Waals surface area contributed by atoms with Gasteiger partial charge in [-0.15, -0.1) is 10.2 Å². The van der Waals surface area contributed by atoms with Gasteiger partial charge in [0.2, 0.25) is 11.7 Å². The van der Waals surface area contributed by atoms with E-state index in [1.54, 1.807) is 14.2 Å². The van der Waals surface area contributed by atoms with Crippen molar-refractivity contribution >= 4 is 11.8 Å². The molecule has 0 aliphatic rings. The van der Waals surface area contributed by atoms with E-state index in [2.05, 4.69) is 57.0 Å². The van der Waals surface area contributed by atoms with Crippen LogP contribution in [-0.2, 0) is 5.75 Å². The minimum absolute atomic E-state index is 0.428. The lowest BCUT2D eigenvalue weighted by molar-refractivity contribution is 0.389. The Morgan fingerprint density at radius 1 is 0.889 bits per heavy atom. The Bertz CT molecular complexity index is 1500. The van der Waals surface area contributed by atoms with Crippen molar-refractivity contribution in [2.24, 2.45) is 0 Å². The molecule has 0 amide bonds. The zero-order chi connectivity index (χ0) is 25.1. The minimum atomic E-state index is 0.428. The fraction of sp³-hybridized carbons (Fsp3) is 0.185. The van der Waals surface area contributed by atoms with Crippen LogP contribution in [0, 0.1) is 13.8 Å². The van der Waals surface area contributed by atoms with Gasteiger partial charge in [0.25, 0.3) is 0 Å². The van der Waals surface area contributed by atoms with Gasteiger partial charge >= 0.3 is 0 Å². The van der Waals surface area contributed by atoms with Crippen LogP contribution in [0.3, 0.4) is 0 Å². The maximum atomic E-state index is 5.55. The van der Waals surface area contributed by atoms with Crippen molar-refractivity contribution in [3.8, 4) is 40.0 Å². The second kappa shape index (κ2) is 10.2. The van der Waals surface area contributed by atoms with Crippen LogP contribution in [0.15, 0.2) is 76.4 Å². The van der Waals surface area contributed by atoms with E-state index >= 15 is 0 Å². The maximum Gasteiger partial charge on any atom is 0.237 e. The first-order chi connectivity index (χ1) is 17.6. The van der Waals surface area contributed by atoms with Crippen LogP contribution in [0.25, 0.3) is 28.5 Å². The summed E-state index contributed by atoms with van der Waals surface area (Å²) < 4.78 is 18.4. The number of hydrogen-bond donors (Lipinski definition) is 0. The molecule has 8 nitrogen and oxygen atoms in total. The minimum Gasteiger partial charge on any atom is -0.497 e. The first-order valence-electron chi connectivity index (χ1n) is 11.3. The van der Waals surface area contributed by atoms with Gasteiger partial charge in [0, 0.05) is 5.56 Å². The molecule has 0 spiro atoms. The molecule has 182 valence electrons. The lowest BCUT2D eigenvalue weighted by Gasteiger charge is -2.12. The molecular weight excluding hydrogens is 474 g/mol. The van der Waals surface area contributed by atoms with Gasteiger partial charge in [-0.05, 0) is 55.3 Å². The molecule has 0 saturated carbocycles. The molecule has 5 rings (SSSR count). The molecule has 0 unspecified atom stereocenters. The number of hydrogen-bond acceptors (Lipinski definition) is 8. The van der Waals surface area contributed by atoms with E-state index < -0.39 is 0 Å². The largest absolute Gasteiger partial charge is 0.497 e. The van der Waals surface area contributed by atoms with E-state index in [-0.39, 0.29) is 0 Å². The summed E-state index contributed by atoms with van der Waals surface area (Å²) in [5.74, 6) is 3.42. The second-order valence-corrected chi connectivity index (χ2v) is 9.09. The van der Waals surface area contributed by atoms with E-state index in [1.165, 1.54) is 22.9 Å². The molecule has 0 radical (unpaired) electrons.